The molecule has 1 aromatic heterocycles. The zero-order valence-corrected chi connectivity index (χ0v) is 17.4. The predicted molar refractivity (Wildman–Crippen MR) is 117 cm³/mol. The first-order valence-electron chi connectivity index (χ1n) is 10.7. The number of amides is 1. The van der Waals surface area contributed by atoms with Crippen LogP contribution in [0.3, 0.4) is 0 Å². The van der Waals surface area contributed by atoms with Gasteiger partial charge in [-0.1, -0.05) is 55.5 Å². The maximum Gasteiger partial charge on any atom is 0.223 e. The molecule has 0 saturated carbocycles. The second kappa shape index (κ2) is 8.83. The van der Waals surface area contributed by atoms with Crippen molar-refractivity contribution < 1.29 is 9.53 Å². The minimum Gasteiger partial charge on any atom is -0.378 e. The van der Waals surface area contributed by atoms with E-state index < -0.39 is 0 Å². The van der Waals surface area contributed by atoms with E-state index in [2.05, 4.69) is 67.1 Å². The van der Waals surface area contributed by atoms with Gasteiger partial charge in [-0.15, -0.1) is 0 Å². The van der Waals surface area contributed by atoms with Crippen LogP contribution in [0, 0.1) is 0 Å². The molecule has 1 aliphatic heterocycles. The van der Waals surface area contributed by atoms with Crippen LogP contribution in [0.15, 0.2) is 54.7 Å². The van der Waals surface area contributed by atoms with Crippen LogP contribution < -0.4 is 0 Å². The third-order valence-electron chi connectivity index (χ3n) is 6.05. The topological polar surface area (TPSA) is 34.5 Å². The number of hydrogen-bond donors (Lipinski definition) is 0. The summed E-state index contributed by atoms with van der Waals surface area (Å²) >= 11 is 0. The fraction of sp³-hybridized carbons (Fsp3) is 0.400. The highest BCUT2D eigenvalue weighted by atomic mass is 16.5. The van der Waals surface area contributed by atoms with E-state index in [0.29, 0.717) is 32.7 Å². The first kappa shape index (κ1) is 19.7. The molecule has 1 saturated heterocycles. The van der Waals surface area contributed by atoms with Crippen LogP contribution in [0.2, 0.25) is 0 Å². The van der Waals surface area contributed by atoms with Crippen LogP contribution in [0.25, 0.3) is 10.9 Å². The molecular formula is C25H30N2O2. The molecular weight excluding hydrogens is 360 g/mol. The molecule has 0 aliphatic carbocycles. The third kappa shape index (κ3) is 3.95. The lowest BCUT2D eigenvalue weighted by Gasteiger charge is -2.28. The molecule has 0 bridgehead atoms. The lowest BCUT2D eigenvalue weighted by atomic mass is 9.87. The molecule has 1 atom stereocenters. The van der Waals surface area contributed by atoms with Crippen LogP contribution in [0.5, 0.6) is 0 Å². The lowest BCUT2D eigenvalue weighted by molar-refractivity contribution is -0.135. The molecule has 1 aliphatic rings. The largest absolute Gasteiger partial charge is 0.378 e. The Morgan fingerprint density at radius 2 is 1.79 bits per heavy atom. The van der Waals surface area contributed by atoms with Crippen LogP contribution in [-0.2, 0) is 22.5 Å². The van der Waals surface area contributed by atoms with Gasteiger partial charge < -0.3 is 14.2 Å². The molecule has 1 unspecified atom stereocenters. The van der Waals surface area contributed by atoms with Crippen LogP contribution >= 0.6 is 0 Å². The average Bonchev–Trinajstić information content (AvgIpc) is 3.17. The van der Waals surface area contributed by atoms with Crippen molar-refractivity contribution in [1.29, 1.82) is 0 Å². The number of para-hydroxylation sites is 1. The smallest absolute Gasteiger partial charge is 0.223 e. The summed E-state index contributed by atoms with van der Waals surface area (Å²) in [7, 11) is 0. The highest BCUT2D eigenvalue weighted by Gasteiger charge is 2.26. The van der Waals surface area contributed by atoms with E-state index in [9.17, 15) is 4.79 Å². The lowest BCUT2D eigenvalue weighted by Crippen LogP contribution is -2.41. The Balaban J connectivity index is 1.78. The standard InChI is InChI=1S/C25H30N2O2/c1-3-19-11-8-12-21-23(18-26(4-2)25(19)21)22(20-9-6-5-7-10-20)17-24(28)27-13-15-29-16-14-27/h5-12,18,22H,3-4,13-17H2,1-2H3. The first-order chi connectivity index (χ1) is 14.2. The maximum absolute atomic E-state index is 13.2. The second-order valence-corrected chi connectivity index (χ2v) is 7.70. The number of morpholine rings is 1. The van der Waals surface area contributed by atoms with E-state index in [1.807, 2.05) is 11.0 Å². The normalized spacial score (nSPS) is 15.6. The summed E-state index contributed by atoms with van der Waals surface area (Å²) in [6.07, 6.45) is 3.76. The molecule has 1 fully saturated rings. The Hall–Kier alpha value is -2.59. The van der Waals surface area contributed by atoms with Crippen molar-refractivity contribution >= 4 is 16.8 Å². The monoisotopic (exact) mass is 390 g/mol. The second-order valence-electron chi connectivity index (χ2n) is 7.70. The SMILES string of the molecule is CCc1cccc2c(C(CC(=O)N3CCOCC3)c3ccccc3)cn(CC)c12. The van der Waals surface area contributed by atoms with Gasteiger partial charge in [0.15, 0.2) is 0 Å². The van der Waals surface area contributed by atoms with Crippen molar-refractivity contribution in [2.45, 2.75) is 39.2 Å². The number of carbonyl (C=O) groups excluding carboxylic acids is 1. The van der Waals surface area contributed by atoms with E-state index in [4.69, 9.17) is 4.74 Å². The molecule has 1 amide bonds. The highest BCUT2D eigenvalue weighted by molar-refractivity contribution is 5.89. The molecule has 2 aromatic carbocycles. The quantitative estimate of drug-likeness (QED) is 0.616. The number of aromatic nitrogens is 1. The number of benzene rings is 2. The first-order valence-corrected chi connectivity index (χ1v) is 10.7. The van der Waals surface area contributed by atoms with Gasteiger partial charge in [-0.2, -0.15) is 0 Å². The molecule has 4 nitrogen and oxygen atoms in total. The van der Waals surface area contributed by atoms with Crippen molar-refractivity contribution in [3.05, 3.63) is 71.4 Å². The zero-order valence-electron chi connectivity index (χ0n) is 17.4. The minimum atomic E-state index is 0.0500. The van der Waals surface area contributed by atoms with E-state index in [1.54, 1.807) is 0 Å². The number of aryl methyl sites for hydroxylation is 2. The third-order valence-corrected chi connectivity index (χ3v) is 6.05. The van der Waals surface area contributed by atoms with Crippen molar-refractivity contribution in [3.8, 4) is 0 Å². The average molecular weight is 391 g/mol. The van der Waals surface area contributed by atoms with Crippen LogP contribution in [0.4, 0.5) is 0 Å². The number of ether oxygens (including phenoxy) is 1. The van der Waals surface area contributed by atoms with Gasteiger partial charge >= 0.3 is 0 Å². The van der Waals surface area contributed by atoms with Crippen molar-refractivity contribution in [2.24, 2.45) is 0 Å². The zero-order chi connectivity index (χ0) is 20.2. The van der Waals surface area contributed by atoms with Crippen molar-refractivity contribution in [2.75, 3.05) is 26.3 Å². The molecule has 29 heavy (non-hydrogen) atoms. The summed E-state index contributed by atoms with van der Waals surface area (Å²) in [6, 6.07) is 17.0. The van der Waals surface area contributed by atoms with Crippen LogP contribution in [-0.4, -0.2) is 41.7 Å². The van der Waals surface area contributed by atoms with Gasteiger partial charge in [0.05, 0.1) is 18.7 Å². The fourth-order valence-corrected chi connectivity index (χ4v) is 4.49. The number of hydrogen-bond acceptors (Lipinski definition) is 2. The number of rotatable bonds is 6. The van der Waals surface area contributed by atoms with Gasteiger partial charge in [-0.25, -0.2) is 0 Å². The number of fused-ring (bicyclic) bond motifs is 1. The molecule has 3 aromatic rings. The highest BCUT2D eigenvalue weighted by Crippen LogP contribution is 2.36. The van der Waals surface area contributed by atoms with Crippen molar-refractivity contribution in [3.63, 3.8) is 0 Å². The number of carbonyl (C=O) groups is 1. The molecule has 4 rings (SSSR count). The summed E-state index contributed by atoms with van der Waals surface area (Å²) in [5.41, 5.74) is 5.13. The Kier molecular flexibility index (Phi) is 6.00. The summed E-state index contributed by atoms with van der Waals surface area (Å²) in [6.45, 7) is 7.97. The van der Waals surface area contributed by atoms with Gasteiger partial charge in [0.2, 0.25) is 5.91 Å². The van der Waals surface area contributed by atoms with Gasteiger partial charge in [0.1, 0.15) is 0 Å². The Morgan fingerprint density at radius 1 is 1.03 bits per heavy atom. The molecule has 152 valence electrons. The molecule has 0 N–H and O–H groups in total. The van der Waals surface area contributed by atoms with E-state index in [1.165, 1.54) is 27.6 Å². The molecule has 2 heterocycles. The van der Waals surface area contributed by atoms with Gasteiger partial charge in [0, 0.05) is 43.6 Å². The summed E-state index contributed by atoms with van der Waals surface area (Å²) < 4.78 is 7.77. The minimum absolute atomic E-state index is 0.0500. The van der Waals surface area contributed by atoms with Gasteiger partial charge in [-0.3, -0.25) is 4.79 Å². The molecule has 4 heteroatoms. The number of nitrogens with zero attached hydrogens (tertiary/aromatic N) is 2. The molecule has 0 radical (unpaired) electrons. The Labute approximate surface area is 173 Å². The maximum atomic E-state index is 13.2. The molecule has 0 spiro atoms. The predicted octanol–water partition coefficient (Wildman–Crippen LogP) is 4.60. The summed E-state index contributed by atoms with van der Waals surface area (Å²) in [5.74, 6) is 0.264. The summed E-state index contributed by atoms with van der Waals surface area (Å²) in [4.78, 5) is 15.1. The Bertz CT molecular complexity index is 971. The van der Waals surface area contributed by atoms with Gasteiger partial charge in [-0.05, 0) is 30.0 Å². The van der Waals surface area contributed by atoms with E-state index >= 15 is 0 Å². The van der Waals surface area contributed by atoms with E-state index in [0.717, 1.165) is 13.0 Å². The van der Waals surface area contributed by atoms with Gasteiger partial charge in [0.25, 0.3) is 0 Å². The Morgan fingerprint density at radius 3 is 2.48 bits per heavy atom. The fourth-order valence-electron chi connectivity index (χ4n) is 4.49. The van der Waals surface area contributed by atoms with E-state index in [-0.39, 0.29) is 11.8 Å². The summed E-state index contributed by atoms with van der Waals surface area (Å²) in [5, 5.41) is 1.27. The van der Waals surface area contributed by atoms with Crippen molar-refractivity contribution in [1.82, 2.24) is 9.47 Å². The van der Waals surface area contributed by atoms with Crippen LogP contribution in [0.1, 0.15) is 42.9 Å².